The van der Waals surface area contributed by atoms with Crippen LogP contribution in [0.3, 0.4) is 0 Å². The Labute approximate surface area is 129 Å². The van der Waals surface area contributed by atoms with Gasteiger partial charge in [0.05, 0.1) is 23.2 Å². The van der Waals surface area contributed by atoms with Crippen LogP contribution in [-0.4, -0.2) is 43.7 Å². The second-order valence-corrected chi connectivity index (χ2v) is 4.89. The Kier molecular flexibility index (Phi) is 7.73. The molecule has 1 aromatic carbocycles. The molecule has 0 aromatic heterocycles. The largest absolute Gasteiger partial charge is 0.489 e. The molecule has 0 heterocycles. The Hall–Kier alpha value is -0.970. The molecule has 0 atom stereocenters. The molecule has 0 radical (unpaired) electrons. The standard InChI is InChI=1S/C14H19Cl2NO3/c1-3-17(10-13(18)19-4-2)8-9-20-14-11(15)6-5-7-12(14)16/h5-7H,3-4,8-10H2,1-2H3. The Bertz CT molecular complexity index is 420. The van der Waals surface area contributed by atoms with E-state index in [4.69, 9.17) is 32.7 Å². The van der Waals surface area contributed by atoms with Gasteiger partial charge < -0.3 is 9.47 Å². The molecule has 0 bridgehead atoms. The number of hydrogen-bond acceptors (Lipinski definition) is 4. The summed E-state index contributed by atoms with van der Waals surface area (Å²) >= 11 is 12.0. The Balaban J connectivity index is 2.43. The summed E-state index contributed by atoms with van der Waals surface area (Å²) in [6.07, 6.45) is 0. The molecule has 1 aromatic rings. The predicted molar refractivity (Wildman–Crippen MR) is 80.7 cm³/mol. The van der Waals surface area contributed by atoms with E-state index >= 15 is 0 Å². The summed E-state index contributed by atoms with van der Waals surface area (Å²) in [6, 6.07) is 5.20. The smallest absolute Gasteiger partial charge is 0.320 e. The van der Waals surface area contributed by atoms with E-state index in [1.54, 1.807) is 25.1 Å². The van der Waals surface area contributed by atoms with Crippen molar-refractivity contribution in [3.8, 4) is 5.75 Å². The van der Waals surface area contributed by atoms with Crippen LogP contribution < -0.4 is 4.74 Å². The van der Waals surface area contributed by atoms with Crippen molar-refractivity contribution < 1.29 is 14.3 Å². The molecule has 20 heavy (non-hydrogen) atoms. The van der Waals surface area contributed by atoms with Crippen molar-refractivity contribution in [2.24, 2.45) is 0 Å². The summed E-state index contributed by atoms with van der Waals surface area (Å²) in [4.78, 5) is 13.3. The molecule has 0 saturated heterocycles. The van der Waals surface area contributed by atoms with Gasteiger partial charge in [0.25, 0.3) is 0 Å². The van der Waals surface area contributed by atoms with Crippen LogP contribution in [0.15, 0.2) is 18.2 Å². The Morgan fingerprint density at radius 2 is 1.90 bits per heavy atom. The van der Waals surface area contributed by atoms with Crippen molar-refractivity contribution in [2.75, 3.05) is 32.8 Å². The first-order chi connectivity index (χ1) is 9.58. The molecule has 4 nitrogen and oxygen atoms in total. The molecule has 0 N–H and O–H groups in total. The lowest BCUT2D eigenvalue weighted by Gasteiger charge is -2.19. The van der Waals surface area contributed by atoms with Crippen LogP contribution in [0.2, 0.25) is 10.0 Å². The first kappa shape index (κ1) is 17.1. The monoisotopic (exact) mass is 319 g/mol. The quantitative estimate of drug-likeness (QED) is 0.689. The van der Waals surface area contributed by atoms with Crippen molar-refractivity contribution in [1.29, 1.82) is 0 Å². The van der Waals surface area contributed by atoms with Gasteiger partial charge in [-0.15, -0.1) is 0 Å². The Morgan fingerprint density at radius 3 is 2.45 bits per heavy atom. The van der Waals surface area contributed by atoms with E-state index in [1.807, 2.05) is 11.8 Å². The van der Waals surface area contributed by atoms with E-state index in [-0.39, 0.29) is 12.5 Å². The first-order valence-corrected chi connectivity index (χ1v) is 7.28. The van der Waals surface area contributed by atoms with Crippen molar-refractivity contribution in [3.05, 3.63) is 28.2 Å². The average Bonchev–Trinajstić information content (AvgIpc) is 2.41. The Morgan fingerprint density at radius 1 is 1.25 bits per heavy atom. The van der Waals surface area contributed by atoms with Crippen LogP contribution >= 0.6 is 23.2 Å². The molecule has 0 unspecified atom stereocenters. The molecule has 0 saturated carbocycles. The van der Waals surface area contributed by atoms with Crippen LogP contribution in [0.5, 0.6) is 5.75 Å². The SMILES string of the molecule is CCOC(=O)CN(CC)CCOc1c(Cl)cccc1Cl. The molecule has 0 amide bonds. The molecule has 0 aliphatic carbocycles. The maximum Gasteiger partial charge on any atom is 0.320 e. The van der Waals surface area contributed by atoms with Gasteiger partial charge in [0.15, 0.2) is 5.75 Å². The maximum absolute atomic E-state index is 11.4. The number of esters is 1. The minimum absolute atomic E-state index is 0.231. The number of rotatable bonds is 8. The predicted octanol–water partition coefficient (Wildman–Crippen LogP) is 3.26. The molecular weight excluding hydrogens is 301 g/mol. The third-order valence-corrected chi connectivity index (χ3v) is 3.27. The van der Waals surface area contributed by atoms with Crippen LogP contribution in [-0.2, 0) is 9.53 Å². The lowest BCUT2D eigenvalue weighted by Crippen LogP contribution is -2.34. The fraction of sp³-hybridized carbons (Fsp3) is 0.500. The number of nitrogens with zero attached hydrogens (tertiary/aromatic N) is 1. The number of benzene rings is 1. The fourth-order valence-electron chi connectivity index (χ4n) is 1.64. The van der Waals surface area contributed by atoms with Crippen LogP contribution in [0.25, 0.3) is 0 Å². The zero-order valence-electron chi connectivity index (χ0n) is 11.7. The highest BCUT2D eigenvalue weighted by Crippen LogP contribution is 2.32. The van der Waals surface area contributed by atoms with E-state index in [2.05, 4.69) is 0 Å². The fourth-order valence-corrected chi connectivity index (χ4v) is 2.14. The van der Waals surface area contributed by atoms with Gasteiger partial charge in [0, 0.05) is 6.54 Å². The topological polar surface area (TPSA) is 38.8 Å². The number of para-hydroxylation sites is 1. The van der Waals surface area contributed by atoms with E-state index in [0.717, 1.165) is 6.54 Å². The number of carbonyl (C=O) groups is 1. The van der Waals surface area contributed by atoms with Gasteiger partial charge in [-0.3, -0.25) is 9.69 Å². The molecule has 0 aliphatic heterocycles. The zero-order valence-corrected chi connectivity index (χ0v) is 13.2. The van der Waals surface area contributed by atoms with Gasteiger partial charge in [0.1, 0.15) is 6.61 Å². The molecule has 0 spiro atoms. The second-order valence-electron chi connectivity index (χ2n) is 4.07. The summed E-state index contributed by atoms with van der Waals surface area (Å²) < 4.78 is 10.5. The van der Waals surface area contributed by atoms with Crippen LogP contribution in [0, 0.1) is 0 Å². The minimum atomic E-state index is -0.231. The van der Waals surface area contributed by atoms with Crippen molar-refractivity contribution in [2.45, 2.75) is 13.8 Å². The third kappa shape index (κ3) is 5.57. The second kappa shape index (κ2) is 9.06. The third-order valence-electron chi connectivity index (χ3n) is 2.68. The molecule has 112 valence electrons. The maximum atomic E-state index is 11.4. The summed E-state index contributed by atoms with van der Waals surface area (Å²) in [5.41, 5.74) is 0. The van der Waals surface area contributed by atoms with Crippen LogP contribution in [0.1, 0.15) is 13.8 Å². The van der Waals surface area contributed by atoms with E-state index < -0.39 is 0 Å². The van der Waals surface area contributed by atoms with E-state index in [9.17, 15) is 4.79 Å². The molecule has 0 aliphatic rings. The summed E-state index contributed by atoms with van der Waals surface area (Å²) in [6.45, 7) is 6.14. The minimum Gasteiger partial charge on any atom is -0.489 e. The van der Waals surface area contributed by atoms with E-state index in [0.29, 0.717) is 35.6 Å². The molecule has 0 fully saturated rings. The summed E-state index contributed by atoms with van der Waals surface area (Å²) in [5, 5.41) is 0.955. The molecule has 6 heteroatoms. The van der Waals surface area contributed by atoms with Gasteiger partial charge >= 0.3 is 5.97 Å². The van der Waals surface area contributed by atoms with Crippen LogP contribution in [0.4, 0.5) is 0 Å². The normalized spacial score (nSPS) is 10.7. The highest BCUT2D eigenvalue weighted by Gasteiger charge is 2.11. The lowest BCUT2D eigenvalue weighted by atomic mass is 10.3. The summed E-state index contributed by atoms with van der Waals surface area (Å²) in [5.74, 6) is 0.244. The van der Waals surface area contributed by atoms with Crippen molar-refractivity contribution >= 4 is 29.2 Å². The van der Waals surface area contributed by atoms with Crippen molar-refractivity contribution in [3.63, 3.8) is 0 Å². The number of hydrogen-bond donors (Lipinski definition) is 0. The van der Waals surface area contributed by atoms with E-state index in [1.165, 1.54) is 0 Å². The highest BCUT2D eigenvalue weighted by molar-refractivity contribution is 6.37. The van der Waals surface area contributed by atoms with Gasteiger partial charge in [-0.05, 0) is 25.6 Å². The molecule has 1 rings (SSSR count). The van der Waals surface area contributed by atoms with Gasteiger partial charge in [-0.1, -0.05) is 36.2 Å². The first-order valence-electron chi connectivity index (χ1n) is 6.53. The number of halogens is 2. The van der Waals surface area contributed by atoms with Crippen molar-refractivity contribution in [1.82, 2.24) is 4.90 Å². The number of likely N-dealkylation sites (N-methyl/N-ethyl adjacent to an activating group) is 1. The zero-order chi connectivity index (χ0) is 15.0. The van der Waals surface area contributed by atoms with Gasteiger partial charge in [0.2, 0.25) is 0 Å². The number of carbonyl (C=O) groups excluding carboxylic acids is 1. The van der Waals surface area contributed by atoms with Gasteiger partial charge in [-0.25, -0.2) is 0 Å². The summed E-state index contributed by atoms with van der Waals surface area (Å²) in [7, 11) is 0. The lowest BCUT2D eigenvalue weighted by molar-refractivity contribution is -0.144. The highest BCUT2D eigenvalue weighted by atomic mass is 35.5. The van der Waals surface area contributed by atoms with Gasteiger partial charge in [-0.2, -0.15) is 0 Å². The average molecular weight is 320 g/mol. The number of ether oxygens (including phenoxy) is 2. The molecular formula is C14H19Cl2NO3.